The summed E-state index contributed by atoms with van der Waals surface area (Å²) in [5.41, 5.74) is 1.26. The van der Waals surface area contributed by atoms with E-state index in [4.69, 9.17) is 11.6 Å². The molecule has 108 valence electrons. The Kier molecular flexibility index (Phi) is 5.85. The van der Waals surface area contributed by atoms with Gasteiger partial charge in [-0.15, -0.1) is 0 Å². The zero-order valence-electron chi connectivity index (χ0n) is 12.1. The van der Waals surface area contributed by atoms with Crippen LogP contribution in [0.1, 0.15) is 25.3 Å². The normalized spacial score (nSPS) is 18.6. The maximum Gasteiger partial charge on any atom is 0.0978 e. The Morgan fingerprint density at radius 2 is 2.05 bits per heavy atom. The molecular formula is C16H22ClN3. The molecule has 0 aromatic heterocycles. The molecule has 0 amide bonds. The number of hydrogen-bond donors (Lipinski definition) is 0. The summed E-state index contributed by atoms with van der Waals surface area (Å²) in [7, 11) is 0. The maximum atomic E-state index is 9.22. The van der Waals surface area contributed by atoms with Gasteiger partial charge in [0.2, 0.25) is 0 Å². The first-order valence-corrected chi connectivity index (χ1v) is 7.71. The second kappa shape index (κ2) is 7.64. The lowest BCUT2D eigenvalue weighted by molar-refractivity contribution is 0.106. The van der Waals surface area contributed by atoms with E-state index in [-0.39, 0.29) is 6.04 Å². The minimum Gasteiger partial charge on any atom is -0.297 e. The first kappa shape index (κ1) is 15.3. The molecule has 1 unspecified atom stereocenters. The molecule has 0 saturated carbocycles. The predicted octanol–water partition coefficient (Wildman–Crippen LogP) is 3.15. The SMILES string of the molecule is CCCC(C#N)N1CCN(Cc2cccc(Cl)c2)CC1. The number of rotatable bonds is 5. The van der Waals surface area contributed by atoms with Gasteiger partial charge in [0.05, 0.1) is 12.1 Å². The Morgan fingerprint density at radius 3 is 2.65 bits per heavy atom. The summed E-state index contributed by atoms with van der Waals surface area (Å²) in [6, 6.07) is 10.6. The highest BCUT2D eigenvalue weighted by Gasteiger charge is 2.22. The van der Waals surface area contributed by atoms with Gasteiger partial charge < -0.3 is 0 Å². The van der Waals surface area contributed by atoms with Crippen LogP contribution in [-0.4, -0.2) is 42.0 Å². The largest absolute Gasteiger partial charge is 0.297 e. The van der Waals surface area contributed by atoms with E-state index in [0.717, 1.165) is 50.6 Å². The molecule has 1 aliphatic heterocycles. The van der Waals surface area contributed by atoms with Crippen molar-refractivity contribution in [1.82, 2.24) is 9.80 Å². The average molecular weight is 292 g/mol. The van der Waals surface area contributed by atoms with Crippen molar-refractivity contribution in [3.05, 3.63) is 34.9 Å². The highest BCUT2D eigenvalue weighted by molar-refractivity contribution is 6.30. The second-order valence-electron chi connectivity index (χ2n) is 5.38. The van der Waals surface area contributed by atoms with Crippen LogP contribution >= 0.6 is 11.6 Å². The number of nitriles is 1. The van der Waals surface area contributed by atoms with Crippen molar-refractivity contribution in [2.24, 2.45) is 0 Å². The minimum absolute atomic E-state index is 0.0910. The van der Waals surface area contributed by atoms with Gasteiger partial charge in [-0.2, -0.15) is 5.26 Å². The van der Waals surface area contributed by atoms with Crippen molar-refractivity contribution in [3.8, 4) is 6.07 Å². The quantitative estimate of drug-likeness (QED) is 0.835. The van der Waals surface area contributed by atoms with Crippen molar-refractivity contribution in [3.63, 3.8) is 0 Å². The van der Waals surface area contributed by atoms with E-state index in [2.05, 4.69) is 28.9 Å². The fraction of sp³-hybridized carbons (Fsp3) is 0.562. The van der Waals surface area contributed by atoms with Crippen LogP contribution in [0.3, 0.4) is 0 Å². The molecule has 1 aromatic carbocycles. The van der Waals surface area contributed by atoms with Crippen LogP contribution in [0.2, 0.25) is 5.02 Å². The van der Waals surface area contributed by atoms with E-state index in [1.54, 1.807) is 0 Å². The summed E-state index contributed by atoms with van der Waals surface area (Å²) < 4.78 is 0. The van der Waals surface area contributed by atoms with E-state index in [0.29, 0.717) is 0 Å². The summed E-state index contributed by atoms with van der Waals surface area (Å²) in [6.45, 7) is 7.10. The average Bonchev–Trinajstić information content (AvgIpc) is 2.46. The Bertz CT molecular complexity index is 461. The number of hydrogen-bond acceptors (Lipinski definition) is 3. The summed E-state index contributed by atoms with van der Waals surface area (Å²) in [5, 5.41) is 10.0. The van der Waals surface area contributed by atoms with Crippen LogP contribution in [0.5, 0.6) is 0 Å². The highest BCUT2D eigenvalue weighted by atomic mass is 35.5. The van der Waals surface area contributed by atoms with Crippen LogP contribution in [-0.2, 0) is 6.54 Å². The van der Waals surface area contributed by atoms with E-state index < -0.39 is 0 Å². The number of halogens is 1. The number of benzene rings is 1. The van der Waals surface area contributed by atoms with Gasteiger partial charge in [-0.1, -0.05) is 37.1 Å². The van der Waals surface area contributed by atoms with Gasteiger partial charge in [-0.25, -0.2) is 0 Å². The lowest BCUT2D eigenvalue weighted by Crippen LogP contribution is -2.49. The molecule has 4 heteroatoms. The Hall–Kier alpha value is -1.08. The first-order valence-electron chi connectivity index (χ1n) is 7.33. The van der Waals surface area contributed by atoms with Gasteiger partial charge in [0.25, 0.3) is 0 Å². The van der Waals surface area contributed by atoms with Crippen molar-refractivity contribution in [1.29, 1.82) is 5.26 Å². The molecule has 1 saturated heterocycles. The zero-order valence-corrected chi connectivity index (χ0v) is 12.8. The molecule has 1 atom stereocenters. The molecule has 2 rings (SSSR count). The summed E-state index contributed by atoms with van der Waals surface area (Å²) >= 11 is 6.02. The molecule has 1 fully saturated rings. The van der Waals surface area contributed by atoms with E-state index in [1.165, 1.54) is 5.56 Å². The molecule has 0 N–H and O–H groups in total. The monoisotopic (exact) mass is 291 g/mol. The second-order valence-corrected chi connectivity index (χ2v) is 5.81. The molecule has 0 radical (unpaired) electrons. The summed E-state index contributed by atoms with van der Waals surface area (Å²) in [4.78, 5) is 4.75. The fourth-order valence-corrected chi connectivity index (χ4v) is 2.94. The van der Waals surface area contributed by atoms with Crippen molar-refractivity contribution >= 4 is 11.6 Å². The fourth-order valence-electron chi connectivity index (χ4n) is 2.73. The van der Waals surface area contributed by atoms with Gasteiger partial charge in [0.15, 0.2) is 0 Å². The molecule has 3 nitrogen and oxygen atoms in total. The topological polar surface area (TPSA) is 30.3 Å². The maximum absolute atomic E-state index is 9.22. The van der Waals surface area contributed by atoms with Crippen LogP contribution in [0.4, 0.5) is 0 Å². The van der Waals surface area contributed by atoms with Crippen molar-refractivity contribution in [2.75, 3.05) is 26.2 Å². The zero-order chi connectivity index (χ0) is 14.4. The molecular weight excluding hydrogens is 270 g/mol. The Morgan fingerprint density at radius 1 is 1.30 bits per heavy atom. The molecule has 0 bridgehead atoms. The first-order chi connectivity index (χ1) is 9.72. The lowest BCUT2D eigenvalue weighted by atomic mass is 10.1. The van der Waals surface area contributed by atoms with Crippen LogP contribution in [0, 0.1) is 11.3 Å². The molecule has 0 spiro atoms. The van der Waals surface area contributed by atoms with E-state index >= 15 is 0 Å². The number of nitrogens with zero attached hydrogens (tertiary/aromatic N) is 3. The predicted molar refractivity (Wildman–Crippen MR) is 82.6 cm³/mol. The highest BCUT2D eigenvalue weighted by Crippen LogP contribution is 2.15. The molecule has 1 aliphatic rings. The van der Waals surface area contributed by atoms with Gasteiger partial charge in [0.1, 0.15) is 0 Å². The Labute approximate surface area is 126 Å². The van der Waals surface area contributed by atoms with Gasteiger partial charge in [-0.3, -0.25) is 9.80 Å². The summed E-state index contributed by atoms with van der Waals surface area (Å²) in [6.07, 6.45) is 2.05. The molecule has 1 aromatic rings. The van der Waals surface area contributed by atoms with Crippen LogP contribution in [0.25, 0.3) is 0 Å². The lowest BCUT2D eigenvalue weighted by Gasteiger charge is -2.36. The smallest absolute Gasteiger partial charge is 0.0978 e. The van der Waals surface area contributed by atoms with Crippen LogP contribution < -0.4 is 0 Å². The molecule has 1 heterocycles. The van der Waals surface area contributed by atoms with E-state index in [1.807, 2.05) is 18.2 Å². The number of piperazine rings is 1. The van der Waals surface area contributed by atoms with Crippen molar-refractivity contribution < 1.29 is 0 Å². The van der Waals surface area contributed by atoms with E-state index in [9.17, 15) is 5.26 Å². The van der Waals surface area contributed by atoms with Gasteiger partial charge in [-0.05, 0) is 24.1 Å². The standard InChI is InChI=1S/C16H22ClN3/c1-2-4-16(12-18)20-9-7-19(8-10-20)13-14-5-3-6-15(17)11-14/h3,5-6,11,16H,2,4,7-10,13H2,1H3. The van der Waals surface area contributed by atoms with Crippen molar-refractivity contribution in [2.45, 2.75) is 32.4 Å². The third-order valence-corrected chi connectivity index (χ3v) is 4.09. The summed E-state index contributed by atoms with van der Waals surface area (Å²) in [5.74, 6) is 0. The molecule has 20 heavy (non-hydrogen) atoms. The van der Waals surface area contributed by atoms with Gasteiger partial charge >= 0.3 is 0 Å². The molecule has 0 aliphatic carbocycles. The third kappa shape index (κ3) is 4.21. The van der Waals surface area contributed by atoms with Crippen LogP contribution in [0.15, 0.2) is 24.3 Å². The van der Waals surface area contributed by atoms with Gasteiger partial charge in [0, 0.05) is 37.7 Å². The minimum atomic E-state index is 0.0910. The third-order valence-electron chi connectivity index (χ3n) is 3.85. The Balaban J connectivity index is 1.84.